The van der Waals surface area contributed by atoms with Crippen molar-refractivity contribution in [2.45, 2.75) is 13.0 Å². The summed E-state index contributed by atoms with van der Waals surface area (Å²) in [4.78, 5) is 31.3. The number of carbonyl (C=O) groups excluding carboxylic acids is 2. The third kappa shape index (κ3) is 3.51. The summed E-state index contributed by atoms with van der Waals surface area (Å²) in [5.41, 5.74) is 1.13. The Bertz CT molecular complexity index is 1100. The highest BCUT2D eigenvalue weighted by molar-refractivity contribution is 6.06. The van der Waals surface area contributed by atoms with Gasteiger partial charge in [-0.2, -0.15) is 0 Å². The van der Waals surface area contributed by atoms with Crippen LogP contribution in [0, 0.1) is 23.7 Å². The minimum absolute atomic E-state index is 0.00519. The van der Waals surface area contributed by atoms with Crippen LogP contribution in [-0.2, 0) is 16.1 Å². The molecule has 2 amide bonds. The van der Waals surface area contributed by atoms with Crippen LogP contribution >= 0.6 is 0 Å². The van der Waals surface area contributed by atoms with Gasteiger partial charge in [-0.25, -0.2) is 0 Å². The van der Waals surface area contributed by atoms with Gasteiger partial charge in [-0.15, -0.1) is 0 Å². The molecule has 4 atom stereocenters. The lowest BCUT2D eigenvalue weighted by Crippen LogP contribution is -2.43. The van der Waals surface area contributed by atoms with Crippen LogP contribution in [0.4, 0.5) is 0 Å². The van der Waals surface area contributed by atoms with Gasteiger partial charge in [-0.3, -0.25) is 19.5 Å². The van der Waals surface area contributed by atoms with Gasteiger partial charge in [0.25, 0.3) is 0 Å². The van der Waals surface area contributed by atoms with E-state index >= 15 is 0 Å². The number of amides is 2. The fourth-order valence-electron chi connectivity index (χ4n) is 5.39. The van der Waals surface area contributed by atoms with Gasteiger partial charge < -0.3 is 15.4 Å². The maximum absolute atomic E-state index is 12.8. The first kappa shape index (κ1) is 20.5. The Hall–Kier alpha value is -3.35. The van der Waals surface area contributed by atoms with Gasteiger partial charge >= 0.3 is 0 Å². The first-order valence-electron chi connectivity index (χ1n) is 11.1. The van der Waals surface area contributed by atoms with E-state index in [9.17, 15) is 9.59 Å². The van der Waals surface area contributed by atoms with Crippen molar-refractivity contribution in [3.63, 3.8) is 0 Å². The topological polar surface area (TPSA) is 83.0 Å². The Labute approximate surface area is 187 Å². The summed E-state index contributed by atoms with van der Waals surface area (Å²) >= 11 is 0. The number of imide groups is 1. The van der Waals surface area contributed by atoms with Crippen molar-refractivity contribution >= 4 is 28.5 Å². The van der Waals surface area contributed by atoms with Crippen molar-refractivity contribution in [2.75, 3.05) is 27.2 Å². The molecule has 2 aromatic carbocycles. The maximum Gasteiger partial charge on any atom is 0.233 e. The molecule has 2 aliphatic carbocycles. The fourth-order valence-corrected chi connectivity index (χ4v) is 5.39. The minimum atomic E-state index is -0.136. The number of nitrogens with one attached hydrogen (secondary N) is 2. The number of rotatable bonds is 6. The van der Waals surface area contributed by atoms with Crippen molar-refractivity contribution in [2.24, 2.45) is 28.7 Å². The monoisotopic (exact) mass is 432 g/mol. The van der Waals surface area contributed by atoms with Gasteiger partial charge in [-0.1, -0.05) is 30.4 Å². The molecule has 2 fully saturated rings. The summed E-state index contributed by atoms with van der Waals surface area (Å²) in [7, 11) is 3.38. The van der Waals surface area contributed by atoms with Crippen molar-refractivity contribution in [1.82, 2.24) is 15.5 Å². The number of nitrogens with zero attached hydrogens (tertiary/aromatic N) is 2. The fraction of sp³-hybridized carbons (Fsp3) is 0.400. The largest absolute Gasteiger partial charge is 0.497 e. The van der Waals surface area contributed by atoms with Crippen LogP contribution in [-0.4, -0.2) is 49.9 Å². The number of guanidine groups is 1. The van der Waals surface area contributed by atoms with E-state index in [0.29, 0.717) is 25.6 Å². The van der Waals surface area contributed by atoms with Crippen LogP contribution < -0.4 is 15.4 Å². The highest BCUT2D eigenvalue weighted by atomic mass is 16.5. The number of aliphatic imine (C=N–C) groups is 1. The summed E-state index contributed by atoms with van der Waals surface area (Å²) in [6.07, 6.45) is 5.19. The number of benzene rings is 2. The van der Waals surface area contributed by atoms with E-state index in [0.717, 1.165) is 28.5 Å². The van der Waals surface area contributed by atoms with E-state index in [4.69, 9.17) is 4.74 Å². The molecule has 1 aliphatic heterocycles. The number of hydrogen-bond donors (Lipinski definition) is 2. The lowest BCUT2D eigenvalue weighted by molar-refractivity contribution is -0.140. The Morgan fingerprint density at radius 1 is 1.03 bits per heavy atom. The number of ether oxygens (including phenoxy) is 1. The highest BCUT2D eigenvalue weighted by Gasteiger charge is 2.58. The van der Waals surface area contributed by atoms with Crippen LogP contribution in [0.1, 0.15) is 12.0 Å². The maximum atomic E-state index is 12.8. The second-order valence-electron chi connectivity index (χ2n) is 8.73. The number of likely N-dealkylation sites (tertiary alicyclic amines) is 1. The zero-order valence-electron chi connectivity index (χ0n) is 18.4. The lowest BCUT2D eigenvalue weighted by atomic mass is 9.85. The SMILES string of the molecule is CN=C(NCCN1C(=O)C2C3C=CC(C3)C2C1=O)NCc1ccc2cc(OC)ccc2c1. The Kier molecular flexibility index (Phi) is 5.33. The lowest BCUT2D eigenvalue weighted by Gasteiger charge is -2.18. The third-order valence-electron chi connectivity index (χ3n) is 6.98. The molecular formula is C25H28N4O3. The minimum Gasteiger partial charge on any atom is -0.497 e. The molecule has 32 heavy (non-hydrogen) atoms. The summed E-state index contributed by atoms with van der Waals surface area (Å²) in [6, 6.07) is 12.3. The first-order chi connectivity index (χ1) is 15.6. The van der Waals surface area contributed by atoms with Gasteiger partial charge in [0.15, 0.2) is 5.96 Å². The van der Waals surface area contributed by atoms with Gasteiger partial charge in [0, 0.05) is 26.7 Å². The van der Waals surface area contributed by atoms with Crippen LogP contribution in [0.15, 0.2) is 53.5 Å². The normalized spacial score (nSPS) is 26.2. The molecule has 0 aromatic heterocycles. The molecule has 2 aromatic rings. The first-order valence-corrected chi connectivity index (χ1v) is 11.1. The second-order valence-corrected chi connectivity index (χ2v) is 8.73. The summed E-state index contributed by atoms with van der Waals surface area (Å²) < 4.78 is 5.28. The van der Waals surface area contributed by atoms with Crippen LogP contribution in [0.3, 0.4) is 0 Å². The number of allylic oxidation sites excluding steroid dienone is 2. The van der Waals surface area contributed by atoms with Crippen molar-refractivity contribution < 1.29 is 14.3 Å². The van der Waals surface area contributed by atoms with Gasteiger partial charge in [-0.05, 0) is 52.8 Å². The van der Waals surface area contributed by atoms with Gasteiger partial charge in [0.2, 0.25) is 11.8 Å². The van der Waals surface area contributed by atoms with Crippen molar-refractivity contribution in [3.05, 3.63) is 54.1 Å². The third-order valence-corrected chi connectivity index (χ3v) is 6.98. The molecule has 1 heterocycles. The molecule has 1 saturated heterocycles. The van der Waals surface area contributed by atoms with Crippen molar-refractivity contribution in [1.29, 1.82) is 0 Å². The average Bonchev–Trinajstić information content (AvgIpc) is 3.50. The van der Waals surface area contributed by atoms with E-state index in [1.165, 1.54) is 4.90 Å². The molecule has 166 valence electrons. The smallest absolute Gasteiger partial charge is 0.233 e. The molecule has 0 spiro atoms. The molecule has 2 bridgehead atoms. The number of fused-ring (bicyclic) bond motifs is 6. The zero-order chi connectivity index (χ0) is 22.2. The van der Waals surface area contributed by atoms with Crippen LogP contribution in [0.5, 0.6) is 5.75 Å². The molecule has 7 heteroatoms. The van der Waals surface area contributed by atoms with Crippen LogP contribution in [0.2, 0.25) is 0 Å². The van der Waals surface area contributed by atoms with Crippen LogP contribution in [0.25, 0.3) is 10.8 Å². The van der Waals surface area contributed by atoms with E-state index in [1.54, 1.807) is 14.2 Å². The van der Waals surface area contributed by atoms with E-state index < -0.39 is 0 Å². The van der Waals surface area contributed by atoms with E-state index in [1.807, 2.05) is 18.2 Å². The average molecular weight is 433 g/mol. The Morgan fingerprint density at radius 3 is 2.41 bits per heavy atom. The highest BCUT2D eigenvalue weighted by Crippen LogP contribution is 2.52. The summed E-state index contributed by atoms with van der Waals surface area (Å²) in [5, 5.41) is 8.80. The number of carbonyl (C=O) groups is 2. The predicted octanol–water partition coefficient (Wildman–Crippen LogP) is 2.32. The standard InChI is InChI=1S/C25H28N4O3/c1-26-25(28-14-15-3-4-17-13-20(32-2)8-7-16(17)11-15)27-9-10-29-23(30)21-18-5-6-19(12-18)22(21)24(29)31/h3-8,11,13,18-19,21-22H,9-10,12,14H2,1-2H3,(H2,26,27,28). The van der Waals surface area contributed by atoms with E-state index in [-0.39, 0.29) is 35.5 Å². The summed E-state index contributed by atoms with van der Waals surface area (Å²) in [5.74, 6) is 1.69. The molecular weight excluding hydrogens is 404 g/mol. The van der Waals surface area contributed by atoms with Gasteiger partial charge in [0.05, 0.1) is 18.9 Å². The number of methoxy groups -OCH3 is 1. The molecule has 2 N–H and O–H groups in total. The van der Waals surface area contributed by atoms with Gasteiger partial charge in [0.1, 0.15) is 5.75 Å². The summed E-state index contributed by atoms with van der Waals surface area (Å²) in [6.45, 7) is 1.45. The Balaban J connectivity index is 1.14. The second kappa shape index (κ2) is 8.30. The molecule has 0 radical (unpaired) electrons. The van der Waals surface area contributed by atoms with E-state index in [2.05, 4.69) is 46.0 Å². The molecule has 1 saturated carbocycles. The zero-order valence-corrected chi connectivity index (χ0v) is 18.4. The number of hydrogen-bond acceptors (Lipinski definition) is 4. The molecule has 7 nitrogen and oxygen atoms in total. The molecule has 4 unspecified atom stereocenters. The Morgan fingerprint density at radius 2 is 1.72 bits per heavy atom. The molecule has 3 aliphatic rings. The van der Waals surface area contributed by atoms with Crippen molar-refractivity contribution in [3.8, 4) is 5.75 Å². The quantitative estimate of drug-likeness (QED) is 0.317. The predicted molar refractivity (Wildman–Crippen MR) is 123 cm³/mol. The molecule has 5 rings (SSSR count).